The first kappa shape index (κ1) is 13.5. The van der Waals surface area contributed by atoms with Gasteiger partial charge in [-0.2, -0.15) is 0 Å². The first-order valence-corrected chi connectivity index (χ1v) is 6.27. The molecular formula is C14H16FNO3. The lowest BCUT2D eigenvalue weighted by molar-refractivity contribution is -0.147. The Bertz CT molecular complexity index is 485. The van der Waals surface area contributed by atoms with Crippen molar-refractivity contribution >= 4 is 11.8 Å². The van der Waals surface area contributed by atoms with Crippen LogP contribution in [0.5, 0.6) is 5.75 Å². The van der Waals surface area contributed by atoms with E-state index in [0.29, 0.717) is 43.5 Å². The predicted octanol–water partition coefficient (Wildman–Crippen LogP) is 1.92. The number of benzene rings is 1. The lowest BCUT2D eigenvalue weighted by Gasteiger charge is -2.24. The summed E-state index contributed by atoms with van der Waals surface area (Å²) in [4.78, 5) is 24.5. The average Bonchev–Trinajstić information content (AvgIpc) is 2.37. The van der Waals surface area contributed by atoms with E-state index in [4.69, 9.17) is 4.74 Å². The molecule has 0 aromatic heterocycles. The van der Waals surface area contributed by atoms with Crippen LogP contribution in [0.3, 0.4) is 0 Å². The number of rotatable bonds is 4. The van der Waals surface area contributed by atoms with Crippen molar-refractivity contribution in [2.24, 2.45) is 0 Å². The Labute approximate surface area is 111 Å². The normalized spacial score (nSPS) is 15.8. The van der Waals surface area contributed by atoms with E-state index < -0.39 is 0 Å². The number of halogens is 1. The molecule has 19 heavy (non-hydrogen) atoms. The molecule has 4 nitrogen and oxygen atoms in total. The maximum absolute atomic E-state index is 13.3. The highest BCUT2D eigenvalue weighted by molar-refractivity contribution is 5.97. The summed E-state index contributed by atoms with van der Waals surface area (Å²) in [7, 11) is 1.47. The lowest BCUT2D eigenvalue weighted by atomic mass is 10.1. The Morgan fingerprint density at radius 2 is 1.89 bits per heavy atom. The Morgan fingerprint density at radius 1 is 1.21 bits per heavy atom. The van der Waals surface area contributed by atoms with Crippen molar-refractivity contribution in [1.82, 2.24) is 4.90 Å². The first-order chi connectivity index (χ1) is 9.10. The Balaban J connectivity index is 2.03. The van der Waals surface area contributed by atoms with E-state index in [1.807, 2.05) is 0 Å². The number of carbonyl (C=O) groups excluding carboxylic acids is 2. The number of nitrogens with zero attached hydrogens (tertiary/aromatic N) is 1. The van der Waals surface area contributed by atoms with Crippen LogP contribution in [-0.2, 0) is 16.0 Å². The van der Waals surface area contributed by atoms with E-state index in [1.165, 1.54) is 24.1 Å². The Kier molecular flexibility index (Phi) is 4.14. The summed E-state index contributed by atoms with van der Waals surface area (Å²) in [6.45, 7) is 0.296. The fraction of sp³-hybridized carbons (Fsp3) is 0.429. The number of imide groups is 1. The molecule has 0 atom stereocenters. The minimum Gasteiger partial charge on any atom is -0.497 e. The summed E-state index contributed by atoms with van der Waals surface area (Å²) in [6.07, 6.45) is 1.89. The van der Waals surface area contributed by atoms with Crippen molar-refractivity contribution in [3.63, 3.8) is 0 Å². The molecule has 0 radical (unpaired) electrons. The minimum atomic E-state index is -0.384. The van der Waals surface area contributed by atoms with Crippen LogP contribution in [0.2, 0.25) is 0 Å². The van der Waals surface area contributed by atoms with Crippen LogP contribution in [0, 0.1) is 5.82 Å². The van der Waals surface area contributed by atoms with Crippen molar-refractivity contribution in [2.75, 3.05) is 13.7 Å². The zero-order valence-electron chi connectivity index (χ0n) is 10.8. The number of methoxy groups -OCH3 is 1. The molecule has 1 aromatic rings. The number of piperidine rings is 1. The van der Waals surface area contributed by atoms with E-state index in [0.717, 1.165) is 0 Å². The van der Waals surface area contributed by atoms with Gasteiger partial charge in [0, 0.05) is 25.5 Å². The molecule has 0 N–H and O–H groups in total. The van der Waals surface area contributed by atoms with E-state index in [1.54, 1.807) is 6.07 Å². The van der Waals surface area contributed by atoms with Crippen LogP contribution in [0.4, 0.5) is 4.39 Å². The van der Waals surface area contributed by atoms with Gasteiger partial charge in [-0.25, -0.2) is 4.39 Å². The molecular weight excluding hydrogens is 249 g/mol. The molecule has 0 bridgehead atoms. The highest BCUT2D eigenvalue weighted by Crippen LogP contribution is 2.18. The molecule has 1 fully saturated rings. The number of amides is 2. The molecule has 0 spiro atoms. The largest absolute Gasteiger partial charge is 0.497 e. The third-order valence-electron chi connectivity index (χ3n) is 3.17. The maximum Gasteiger partial charge on any atom is 0.229 e. The second kappa shape index (κ2) is 5.82. The molecule has 1 aliphatic heterocycles. The second-order valence-corrected chi connectivity index (χ2v) is 4.54. The van der Waals surface area contributed by atoms with Gasteiger partial charge >= 0.3 is 0 Å². The molecule has 102 valence electrons. The molecule has 0 unspecified atom stereocenters. The number of likely N-dealkylation sites (tertiary alicyclic amines) is 1. The third kappa shape index (κ3) is 3.30. The van der Waals surface area contributed by atoms with Crippen LogP contribution in [0.1, 0.15) is 24.8 Å². The number of hydrogen-bond acceptors (Lipinski definition) is 3. The topological polar surface area (TPSA) is 46.6 Å². The quantitative estimate of drug-likeness (QED) is 0.781. The monoisotopic (exact) mass is 265 g/mol. The fourth-order valence-electron chi connectivity index (χ4n) is 2.17. The van der Waals surface area contributed by atoms with E-state index in [-0.39, 0.29) is 17.6 Å². The summed E-state index contributed by atoms with van der Waals surface area (Å²) in [5, 5.41) is 0. The van der Waals surface area contributed by atoms with Gasteiger partial charge in [0.1, 0.15) is 11.6 Å². The molecule has 1 saturated heterocycles. The molecule has 1 heterocycles. The van der Waals surface area contributed by atoms with Gasteiger partial charge in [0.15, 0.2) is 0 Å². The number of ether oxygens (including phenoxy) is 1. The zero-order valence-corrected chi connectivity index (χ0v) is 10.8. The smallest absolute Gasteiger partial charge is 0.229 e. The predicted molar refractivity (Wildman–Crippen MR) is 67.2 cm³/mol. The molecule has 1 aliphatic rings. The fourth-order valence-corrected chi connectivity index (χ4v) is 2.17. The van der Waals surface area contributed by atoms with Crippen molar-refractivity contribution < 1.29 is 18.7 Å². The SMILES string of the molecule is COc1cc(F)cc(CCN2C(=O)CCCC2=O)c1. The second-order valence-electron chi connectivity index (χ2n) is 4.54. The molecule has 2 rings (SSSR count). The first-order valence-electron chi connectivity index (χ1n) is 6.27. The highest BCUT2D eigenvalue weighted by atomic mass is 19.1. The zero-order chi connectivity index (χ0) is 13.8. The van der Waals surface area contributed by atoms with Crippen molar-refractivity contribution in [1.29, 1.82) is 0 Å². The standard InChI is InChI=1S/C14H16FNO3/c1-19-12-8-10(7-11(15)9-12)5-6-16-13(17)3-2-4-14(16)18/h7-9H,2-6H2,1H3. The highest BCUT2D eigenvalue weighted by Gasteiger charge is 2.25. The van der Waals surface area contributed by atoms with E-state index >= 15 is 0 Å². The van der Waals surface area contributed by atoms with Crippen molar-refractivity contribution in [3.05, 3.63) is 29.6 Å². The summed E-state index contributed by atoms with van der Waals surface area (Å²) in [6, 6.07) is 4.39. The van der Waals surface area contributed by atoms with E-state index in [9.17, 15) is 14.0 Å². The van der Waals surface area contributed by atoms with Gasteiger partial charge in [0.05, 0.1) is 7.11 Å². The van der Waals surface area contributed by atoms with E-state index in [2.05, 4.69) is 0 Å². The summed E-state index contributed by atoms with van der Waals surface area (Å²) >= 11 is 0. The molecule has 2 amide bonds. The van der Waals surface area contributed by atoms with Crippen LogP contribution in [-0.4, -0.2) is 30.4 Å². The summed E-state index contributed by atoms with van der Waals surface area (Å²) < 4.78 is 18.3. The Hall–Kier alpha value is -1.91. The van der Waals surface area contributed by atoms with Crippen LogP contribution in [0.15, 0.2) is 18.2 Å². The molecule has 1 aromatic carbocycles. The average molecular weight is 265 g/mol. The van der Waals surface area contributed by atoms with Gasteiger partial charge in [-0.05, 0) is 30.5 Å². The van der Waals surface area contributed by atoms with Crippen LogP contribution < -0.4 is 4.74 Å². The minimum absolute atomic E-state index is 0.139. The van der Waals surface area contributed by atoms with Crippen molar-refractivity contribution in [3.8, 4) is 5.75 Å². The summed E-state index contributed by atoms with van der Waals surface area (Å²) in [5.74, 6) is -0.226. The van der Waals surface area contributed by atoms with Crippen molar-refractivity contribution in [2.45, 2.75) is 25.7 Å². The molecule has 0 aliphatic carbocycles. The lowest BCUT2D eigenvalue weighted by Crippen LogP contribution is -2.41. The van der Waals surface area contributed by atoms with Gasteiger partial charge < -0.3 is 4.74 Å². The molecule has 0 saturated carbocycles. The van der Waals surface area contributed by atoms with Gasteiger partial charge in [-0.1, -0.05) is 0 Å². The number of carbonyl (C=O) groups is 2. The number of hydrogen-bond donors (Lipinski definition) is 0. The van der Waals surface area contributed by atoms with Gasteiger partial charge in [-0.3, -0.25) is 14.5 Å². The van der Waals surface area contributed by atoms with Crippen LogP contribution in [0.25, 0.3) is 0 Å². The maximum atomic E-state index is 13.3. The third-order valence-corrected chi connectivity index (χ3v) is 3.17. The van der Waals surface area contributed by atoms with Gasteiger partial charge in [0.25, 0.3) is 0 Å². The Morgan fingerprint density at radius 3 is 2.53 bits per heavy atom. The van der Waals surface area contributed by atoms with Gasteiger partial charge in [0.2, 0.25) is 11.8 Å². The van der Waals surface area contributed by atoms with Crippen LogP contribution >= 0.6 is 0 Å². The molecule has 5 heteroatoms. The van der Waals surface area contributed by atoms with Gasteiger partial charge in [-0.15, -0.1) is 0 Å². The summed E-state index contributed by atoms with van der Waals surface area (Å²) in [5.41, 5.74) is 0.711.